The van der Waals surface area contributed by atoms with Crippen LogP contribution >= 0.6 is 11.6 Å². The molecule has 0 amide bonds. The van der Waals surface area contributed by atoms with Crippen LogP contribution < -0.4 is 10.5 Å². The highest BCUT2D eigenvalue weighted by Crippen LogP contribution is 2.29. The molecule has 1 saturated heterocycles. The Balaban J connectivity index is 2.03. The van der Waals surface area contributed by atoms with Crippen molar-refractivity contribution in [1.29, 1.82) is 0 Å². The molecule has 104 valence electrons. The van der Waals surface area contributed by atoms with E-state index in [0.29, 0.717) is 34.5 Å². The maximum absolute atomic E-state index is 11.4. The first-order chi connectivity index (χ1) is 9.08. The molecule has 0 aliphatic carbocycles. The average molecular weight is 284 g/mol. The normalized spacial score (nSPS) is 16.3. The molecular formula is C14H18ClNO3. The van der Waals surface area contributed by atoms with Gasteiger partial charge in [-0.3, -0.25) is 4.79 Å². The molecule has 1 aromatic carbocycles. The third-order valence-corrected chi connectivity index (χ3v) is 3.57. The lowest BCUT2D eigenvalue weighted by Crippen LogP contribution is -2.21. The second kappa shape index (κ2) is 6.26. The standard InChI is InChI=1S/C14H18ClNO3/c1-9(17)14-12(15)6-11(7-13(14)16)19-8-10-2-4-18-5-3-10/h6-7,10H,2-5,8,16H2,1H3. The van der Waals surface area contributed by atoms with Crippen molar-refractivity contribution in [2.24, 2.45) is 5.92 Å². The zero-order chi connectivity index (χ0) is 13.8. The molecule has 0 atom stereocenters. The lowest BCUT2D eigenvalue weighted by molar-refractivity contribution is 0.0497. The fourth-order valence-corrected chi connectivity index (χ4v) is 2.53. The number of hydrogen-bond donors (Lipinski definition) is 1. The zero-order valence-electron chi connectivity index (χ0n) is 10.9. The molecule has 1 heterocycles. The van der Waals surface area contributed by atoms with E-state index in [0.717, 1.165) is 26.1 Å². The van der Waals surface area contributed by atoms with Crippen LogP contribution in [0.1, 0.15) is 30.1 Å². The molecular weight excluding hydrogens is 266 g/mol. The van der Waals surface area contributed by atoms with E-state index in [1.807, 2.05) is 0 Å². The lowest BCUT2D eigenvalue weighted by Gasteiger charge is -2.22. The van der Waals surface area contributed by atoms with Gasteiger partial charge in [0.25, 0.3) is 0 Å². The monoisotopic (exact) mass is 283 g/mol. The van der Waals surface area contributed by atoms with Crippen LogP contribution in [0.3, 0.4) is 0 Å². The van der Waals surface area contributed by atoms with Crippen LogP contribution in [-0.4, -0.2) is 25.6 Å². The van der Waals surface area contributed by atoms with E-state index in [2.05, 4.69) is 0 Å². The zero-order valence-corrected chi connectivity index (χ0v) is 11.7. The number of anilines is 1. The number of nitrogen functional groups attached to an aromatic ring is 1. The predicted molar refractivity (Wildman–Crippen MR) is 74.9 cm³/mol. The third kappa shape index (κ3) is 3.61. The van der Waals surface area contributed by atoms with Crippen molar-refractivity contribution < 1.29 is 14.3 Å². The van der Waals surface area contributed by atoms with Crippen LogP contribution in [-0.2, 0) is 4.74 Å². The van der Waals surface area contributed by atoms with Crippen molar-refractivity contribution in [2.45, 2.75) is 19.8 Å². The van der Waals surface area contributed by atoms with Crippen molar-refractivity contribution in [3.05, 3.63) is 22.7 Å². The second-order valence-corrected chi connectivity index (χ2v) is 5.20. The van der Waals surface area contributed by atoms with E-state index >= 15 is 0 Å². The van der Waals surface area contributed by atoms with Crippen LogP contribution in [0.25, 0.3) is 0 Å². The molecule has 0 saturated carbocycles. The summed E-state index contributed by atoms with van der Waals surface area (Å²) < 4.78 is 11.0. The number of ether oxygens (including phenoxy) is 2. The molecule has 19 heavy (non-hydrogen) atoms. The van der Waals surface area contributed by atoms with Crippen molar-refractivity contribution in [3.8, 4) is 5.75 Å². The largest absolute Gasteiger partial charge is 0.493 e. The van der Waals surface area contributed by atoms with Gasteiger partial charge in [-0.15, -0.1) is 0 Å². The summed E-state index contributed by atoms with van der Waals surface area (Å²) in [5.74, 6) is 0.971. The Morgan fingerprint density at radius 3 is 2.74 bits per heavy atom. The molecule has 0 bridgehead atoms. The third-order valence-electron chi connectivity index (χ3n) is 3.27. The molecule has 1 fully saturated rings. The summed E-state index contributed by atoms with van der Waals surface area (Å²) in [7, 11) is 0. The Morgan fingerprint density at radius 2 is 2.16 bits per heavy atom. The van der Waals surface area contributed by atoms with Gasteiger partial charge in [0.15, 0.2) is 5.78 Å². The van der Waals surface area contributed by atoms with E-state index in [4.69, 9.17) is 26.8 Å². The Labute approximate surface area is 117 Å². The number of rotatable bonds is 4. The van der Waals surface area contributed by atoms with Gasteiger partial charge in [-0.1, -0.05) is 11.6 Å². The summed E-state index contributed by atoms with van der Waals surface area (Å²) in [4.78, 5) is 11.4. The molecule has 1 aliphatic heterocycles. The molecule has 1 aliphatic rings. The van der Waals surface area contributed by atoms with E-state index in [1.54, 1.807) is 12.1 Å². The highest BCUT2D eigenvalue weighted by Gasteiger charge is 2.16. The summed E-state index contributed by atoms with van der Waals surface area (Å²) in [6.07, 6.45) is 2.02. The Hall–Kier alpha value is -1.26. The van der Waals surface area contributed by atoms with Gasteiger partial charge < -0.3 is 15.2 Å². The SMILES string of the molecule is CC(=O)c1c(N)cc(OCC2CCOCC2)cc1Cl. The summed E-state index contributed by atoms with van der Waals surface area (Å²) in [6.45, 7) is 3.65. The summed E-state index contributed by atoms with van der Waals surface area (Å²) in [5.41, 5.74) is 6.55. The number of halogens is 1. The van der Waals surface area contributed by atoms with Crippen LogP contribution in [0, 0.1) is 5.92 Å². The minimum atomic E-state index is -0.140. The average Bonchev–Trinajstić information content (AvgIpc) is 2.36. The van der Waals surface area contributed by atoms with Crippen LogP contribution in [0.15, 0.2) is 12.1 Å². The van der Waals surface area contributed by atoms with Gasteiger partial charge in [0.1, 0.15) is 5.75 Å². The number of ketones is 1. The Bertz CT molecular complexity index is 447. The van der Waals surface area contributed by atoms with Gasteiger partial charge in [-0.25, -0.2) is 0 Å². The fraction of sp³-hybridized carbons (Fsp3) is 0.500. The molecule has 0 unspecified atom stereocenters. The van der Waals surface area contributed by atoms with Gasteiger partial charge in [0, 0.05) is 25.0 Å². The number of hydrogen-bond acceptors (Lipinski definition) is 4. The number of benzene rings is 1. The van der Waals surface area contributed by atoms with Crippen molar-refractivity contribution in [1.82, 2.24) is 0 Å². The van der Waals surface area contributed by atoms with Gasteiger partial charge >= 0.3 is 0 Å². The van der Waals surface area contributed by atoms with Crippen LogP contribution in [0.5, 0.6) is 5.75 Å². The Morgan fingerprint density at radius 1 is 1.47 bits per heavy atom. The maximum atomic E-state index is 11.4. The van der Waals surface area contributed by atoms with Gasteiger partial charge in [0.2, 0.25) is 0 Å². The molecule has 4 nitrogen and oxygen atoms in total. The first kappa shape index (κ1) is 14.2. The summed E-state index contributed by atoms with van der Waals surface area (Å²) in [5, 5.41) is 0.342. The highest BCUT2D eigenvalue weighted by molar-refractivity contribution is 6.34. The number of nitrogens with two attached hydrogens (primary N) is 1. The first-order valence-electron chi connectivity index (χ1n) is 6.38. The van der Waals surface area contributed by atoms with E-state index in [9.17, 15) is 4.79 Å². The van der Waals surface area contributed by atoms with E-state index in [1.165, 1.54) is 6.92 Å². The smallest absolute Gasteiger partial charge is 0.163 e. The maximum Gasteiger partial charge on any atom is 0.163 e. The topological polar surface area (TPSA) is 61.6 Å². The van der Waals surface area contributed by atoms with Crippen LogP contribution in [0.4, 0.5) is 5.69 Å². The molecule has 0 radical (unpaired) electrons. The quantitative estimate of drug-likeness (QED) is 0.682. The fourth-order valence-electron chi connectivity index (χ4n) is 2.18. The van der Waals surface area contributed by atoms with Gasteiger partial charge in [0.05, 0.1) is 17.2 Å². The molecule has 1 aromatic rings. The van der Waals surface area contributed by atoms with Gasteiger partial charge in [-0.2, -0.15) is 0 Å². The minimum Gasteiger partial charge on any atom is -0.493 e. The van der Waals surface area contributed by atoms with E-state index in [-0.39, 0.29) is 5.78 Å². The Kier molecular flexibility index (Phi) is 4.66. The first-order valence-corrected chi connectivity index (χ1v) is 6.76. The number of carbonyl (C=O) groups is 1. The molecule has 0 spiro atoms. The predicted octanol–water partition coefficient (Wildman–Crippen LogP) is 2.93. The highest BCUT2D eigenvalue weighted by atomic mass is 35.5. The molecule has 2 N–H and O–H groups in total. The second-order valence-electron chi connectivity index (χ2n) is 4.79. The molecule has 5 heteroatoms. The number of Topliss-reactive ketones (excluding diaryl/α,β-unsaturated/α-hetero) is 1. The van der Waals surface area contributed by atoms with Crippen molar-refractivity contribution in [3.63, 3.8) is 0 Å². The minimum absolute atomic E-state index is 0.140. The summed E-state index contributed by atoms with van der Waals surface area (Å²) >= 11 is 6.05. The van der Waals surface area contributed by atoms with Crippen LogP contribution in [0.2, 0.25) is 5.02 Å². The number of carbonyl (C=O) groups excluding carboxylic acids is 1. The molecule has 2 rings (SSSR count). The van der Waals surface area contributed by atoms with Gasteiger partial charge in [-0.05, 0) is 31.7 Å². The lowest BCUT2D eigenvalue weighted by atomic mass is 10.0. The van der Waals surface area contributed by atoms with Crippen molar-refractivity contribution >= 4 is 23.1 Å². The van der Waals surface area contributed by atoms with Crippen molar-refractivity contribution in [2.75, 3.05) is 25.6 Å². The summed E-state index contributed by atoms with van der Waals surface area (Å²) in [6, 6.07) is 3.30. The van der Waals surface area contributed by atoms with E-state index < -0.39 is 0 Å². The molecule has 0 aromatic heterocycles.